The molecule has 3 N–H and O–H groups in total. The van der Waals surface area contributed by atoms with E-state index in [-0.39, 0.29) is 23.6 Å². The molecule has 0 aromatic carbocycles. The lowest BCUT2D eigenvalue weighted by molar-refractivity contribution is -0.153. The van der Waals surface area contributed by atoms with Gasteiger partial charge < -0.3 is 25.5 Å². The Morgan fingerprint density at radius 2 is 1.21 bits per heavy atom. The highest BCUT2D eigenvalue weighted by atomic mass is 16.4. The van der Waals surface area contributed by atoms with Gasteiger partial charge in [0.2, 0.25) is 17.7 Å². The van der Waals surface area contributed by atoms with Crippen molar-refractivity contribution < 1.29 is 24.3 Å². The monoisotopic (exact) mass is 408 g/mol. The number of nitrogens with two attached hydrogens (primary N) is 1. The molecule has 0 bridgehead atoms. The molecule has 3 aliphatic rings. The van der Waals surface area contributed by atoms with Crippen LogP contribution in [0.15, 0.2) is 0 Å². The molecule has 0 aromatic heterocycles. The average molecular weight is 408 g/mol. The van der Waals surface area contributed by atoms with Gasteiger partial charge in [0.25, 0.3) is 0 Å². The van der Waals surface area contributed by atoms with Gasteiger partial charge in [-0.1, -0.05) is 13.8 Å². The minimum atomic E-state index is -0.998. The van der Waals surface area contributed by atoms with Crippen molar-refractivity contribution in [2.45, 2.75) is 76.5 Å². The van der Waals surface area contributed by atoms with Crippen LogP contribution in [-0.4, -0.2) is 87.3 Å². The van der Waals surface area contributed by atoms with E-state index in [1.807, 2.05) is 13.8 Å². The summed E-state index contributed by atoms with van der Waals surface area (Å²) < 4.78 is 0. The summed E-state index contributed by atoms with van der Waals surface area (Å²) in [5.41, 5.74) is 6.02. The molecule has 29 heavy (non-hydrogen) atoms. The number of rotatable bonds is 5. The summed E-state index contributed by atoms with van der Waals surface area (Å²) in [5.74, 6) is -1.74. The molecule has 0 radical (unpaired) electrons. The third-order valence-corrected chi connectivity index (χ3v) is 6.47. The molecular weight excluding hydrogens is 376 g/mol. The molecule has 3 saturated heterocycles. The summed E-state index contributed by atoms with van der Waals surface area (Å²) >= 11 is 0. The van der Waals surface area contributed by atoms with E-state index in [1.165, 1.54) is 4.90 Å². The van der Waals surface area contributed by atoms with Crippen molar-refractivity contribution in [1.82, 2.24) is 14.7 Å². The second-order valence-corrected chi connectivity index (χ2v) is 8.68. The predicted octanol–water partition coefficient (Wildman–Crippen LogP) is 0.0273. The van der Waals surface area contributed by atoms with Crippen LogP contribution in [0.1, 0.15) is 52.4 Å². The van der Waals surface area contributed by atoms with Gasteiger partial charge in [0.15, 0.2) is 0 Å². The number of likely N-dealkylation sites (tertiary alicyclic amines) is 3. The second-order valence-electron chi connectivity index (χ2n) is 8.68. The number of amides is 3. The Labute approximate surface area is 171 Å². The fourth-order valence-corrected chi connectivity index (χ4v) is 4.72. The third-order valence-electron chi connectivity index (χ3n) is 6.47. The molecule has 0 spiro atoms. The number of carbonyl (C=O) groups excluding carboxylic acids is 3. The van der Waals surface area contributed by atoms with E-state index >= 15 is 0 Å². The molecule has 0 saturated carbocycles. The van der Waals surface area contributed by atoms with Crippen LogP contribution in [0.4, 0.5) is 0 Å². The van der Waals surface area contributed by atoms with Crippen LogP contribution in [-0.2, 0) is 19.2 Å². The van der Waals surface area contributed by atoms with E-state index in [1.54, 1.807) is 9.80 Å². The fourth-order valence-electron chi connectivity index (χ4n) is 4.72. The molecule has 162 valence electrons. The Kier molecular flexibility index (Phi) is 6.45. The van der Waals surface area contributed by atoms with Crippen LogP contribution in [0, 0.1) is 5.92 Å². The molecule has 3 rings (SSSR count). The molecule has 3 amide bonds. The molecule has 3 fully saturated rings. The number of hydrogen-bond acceptors (Lipinski definition) is 5. The zero-order valence-corrected chi connectivity index (χ0v) is 17.2. The Hall–Kier alpha value is -2.16. The molecule has 3 aliphatic heterocycles. The summed E-state index contributed by atoms with van der Waals surface area (Å²) in [6, 6.07) is -2.69. The zero-order chi connectivity index (χ0) is 21.3. The zero-order valence-electron chi connectivity index (χ0n) is 17.2. The van der Waals surface area contributed by atoms with Crippen LogP contribution < -0.4 is 5.73 Å². The van der Waals surface area contributed by atoms with Gasteiger partial charge in [-0.15, -0.1) is 0 Å². The number of hydrogen-bond donors (Lipinski definition) is 2. The molecule has 3 heterocycles. The van der Waals surface area contributed by atoms with Gasteiger partial charge in [-0.2, -0.15) is 0 Å². The second kappa shape index (κ2) is 8.69. The highest BCUT2D eigenvalue weighted by Gasteiger charge is 2.46. The minimum Gasteiger partial charge on any atom is -0.480 e. The molecule has 0 aliphatic carbocycles. The topological polar surface area (TPSA) is 124 Å². The first-order chi connectivity index (χ1) is 13.7. The SMILES string of the molecule is CC(C)C(N)C(=O)N1CCCC1C(=O)N1CCCC1C(=O)N1CCCC1C(=O)O. The third kappa shape index (κ3) is 4.10. The van der Waals surface area contributed by atoms with E-state index in [0.717, 1.165) is 6.42 Å². The van der Waals surface area contributed by atoms with Gasteiger partial charge in [0, 0.05) is 19.6 Å². The molecule has 9 heteroatoms. The Bertz CT molecular complexity index is 682. The van der Waals surface area contributed by atoms with Crippen molar-refractivity contribution in [3.63, 3.8) is 0 Å². The first kappa shape index (κ1) is 21.5. The largest absolute Gasteiger partial charge is 0.480 e. The summed E-state index contributed by atoms with van der Waals surface area (Å²) in [4.78, 5) is 55.1. The maximum Gasteiger partial charge on any atom is 0.326 e. The highest BCUT2D eigenvalue weighted by Crippen LogP contribution is 2.28. The highest BCUT2D eigenvalue weighted by molar-refractivity contribution is 5.95. The Morgan fingerprint density at radius 3 is 1.69 bits per heavy atom. The summed E-state index contributed by atoms with van der Waals surface area (Å²) in [5, 5.41) is 9.39. The molecule has 9 nitrogen and oxygen atoms in total. The number of nitrogens with zero attached hydrogens (tertiary/aromatic N) is 3. The van der Waals surface area contributed by atoms with E-state index < -0.39 is 30.1 Å². The fraction of sp³-hybridized carbons (Fsp3) is 0.800. The first-order valence-electron chi connectivity index (χ1n) is 10.6. The first-order valence-corrected chi connectivity index (χ1v) is 10.6. The number of aliphatic carboxylic acids is 1. The van der Waals surface area contributed by atoms with E-state index in [9.17, 15) is 24.3 Å². The molecular formula is C20H32N4O5. The van der Waals surface area contributed by atoms with Gasteiger partial charge in [0.1, 0.15) is 18.1 Å². The predicted molar refractivity (Wildman–Crippen MR) is 105 cm³/mol. The number of carbonyl (C=O) groups is 4. The van der Waals surface area contributed by atoms with E-state index in [0.29, 0.717) is 51.7 Å². The van der Waals surface area contributed by atoms with Crippen molar-refractivity contribution in [2.24, 2.45) is 11.7 Å². The summed E-state index contributed by atoms with van der Waals surface area (Å²) in [7, 11) is 0. The Morgan fingerprint density at radius 1 is 0.793 bits per heavy atom. The average Bonchev–Trinajstić information content (AvgIpc) is 3.45. The van der Waals surface area contributed by atoms with Gasteiger partial charge in [-0.3, -0.25) is 14.4 Å². The van der Waals surface area contributed by atoms with Crippen molar-refractivity contribution in [1.29, 1.82) is 0 Å². The van der Waals surface area contributed by atoms with Crippen molar-refractivity contribution >= 4 is 23.7 Å². The van der Waals surface area contributed by atoms with E-state index in [2.05, 4.69) is 0 Å². The van der Waals surface area contributed by atoms with Crippen LogP contribution in [0.25, 0.3) is 0 Å². The van der Waals surface area contributed by atoms with Crippen LogP contribution in [0.3, 0.4) is 0 Å². The maximum atomic E-state index is 13.3. The van der Waals surface area contributed by atoms with Crippen LogP contribution in [0.5, 0.6) is 0 Å². The lowest BCUT2D eigenvalue weighted by Gasteiger charge is -2.34. The number of carboxylic acids is 1. The lowest BCUT2D eigenvalue weighted by Crippen LogP contribution is -2.56. The van der Waals surface area contributed by atoms with Crippen molar-refractivity contribution in [3.8, 4) is 0 Å². The quantitative estimate of drug-likeness (QED) is 0.661. The van der Waals surface area contributed by atoms with E-state index in [4.69, 9.17) is 5.73 Å². The lowest BCUT2D eigenvalue weighted by atomic mass is 10.0. The van der Waals surface area contributed by atoms with Crippen LogP contribution >= 0.6 is 0 Å². The summed E-state index contributed by atoms with van der Waals surface area (Å²) in [6.45, 7) is 5.11. The molecule has 4 unspecified atom stereocenters. The van der Waals surface area contributed by atoms with Gasteiger partial charge in [0.05, 0.1) is 6.04 Å². The summed E-state index contributed by atoms with van der Waals surface area (Å²) in [6.07, 6.45) is 3.61. The van der Waals surface area contributed by atoms with Gasteiger partial charge >= 0.3 is 5.97 Å². The Balaban J connectivity index is 1.73. The standard InChI is InChI=1S/C20H32N4O5/c1-12(2)16(21)19(27)23-10-4-7-14(23)17(25)22-9-3-6-13(22)18(26)24-11-5-8-15(24)20(28)29/h12-16H,3-11,21H2,1-2H3,(H,28,29). The van der Waals surface area contributed by atoms with Crippen molar-refractivity contribution in [3.05, 3.63) is 0 Å². The number of carboxylic acid groups (broad SMARTS) is 1. The van der Waals surface area contributed by atoms with Crippen LogP contribution in [0.2, 0.25) is 0 Å². The maximum absolute atomic E-state index is 13.3. The van der Waals surface area contributed by atoms with Crippen molar-refractivity contribution in [2.75, 3.05) is 19.6 Å². The molecule has 4 atom stereocenters. The normalized spacial score (nSPS) is 28.3. The minimum absolute atomic E-state index is 0.0249. The van der Waals surface area contributed by atoms with Gasteiger partial charge in [-0.25, -0.2) is 4.79 Å². The molecule has 0 aromatic rings. The smallest absolute Gasteiger partial charge is 0.326 e. The van der Waals surface area contributed by atoms with Gasteiger partial charge in [-0.05, 0) is 44.4 Å².